The van der Waals surface area contributed by atoms with Gasteiger partial charge in [0.1, 0.15) is 11.5 Å². The first-order valence-corrected chi connectivity index (χ1v) is 5.61. The van der Waals surface area contributed by atoms with E-state index in [1.807, 2.05) is 11.9 Å². The third kappa shape index (κ3) is 2.91. The largest absolute Gasteiger partial charge is 0.376 e. The number of aromatic nitrogens is 2. The van der Waals surface area contributed by atoms with Crippen LogP contribution in [0.15, 0.2) is 12.4 Å². The molecule has 0 spiro atoms. The molecule has 0 aliphatic carbocycles. The fourth-order valence-electron chi connectivity index (χ4n) is 1.85. The summed E-state index contributed by atoms with van der Waals surface area (Å²) in [5.74, 6) is 0.0710. The average molecular weight is 236 g/mol. The quantitative estimate of drug-likeness (QED) is 0.807. The van der Waals surface area contributed by atoms with Crippen molar-refractivity contribution >= 4 is 11.7 Å². The zero-order chi connectivity index (χ0) is 12.3. The molecule has 2 rings (SSSR count). The molecule has 17 heavy (non-hydrogen) atoms. The van der Waals surface area contributed by atoms with E-state index in [0.29, 0.717) is 5.82 Å². The summed E-state index contributed by atoms with van der Waals surface area (Å²) in [5, 5.41) is 0. The van der Waals surface area contributed by atoms with Crippen LogP contribution in [0.5, 0.6) is 0 Å². The van der Waals surface area contributed by atoms with Crippen molar-refractivity contribution in [3.05, 3.63) is 18.1 Å². The molecule has 0 unspecified atom stereocenters. The minimum absolute atomic E-state index is 0.182. The minimum Gasteiger partial charge on any atom is -0.376 e. The van der Waals surface area contributed by atoms with Crippen molar-refractivity contribution in [3.8, 4) is 0 Å². The summed E-state index contributed by atoms with van der Waals surface area (Å²) < 4.78 is 5.54. The number of nitrogens with two attached hydrogens (primary N) is 1. The van der Waals surface area contributed by atoms with Gasteiger partial charge in [-0.15, -0.1) is 0 Å². The predicted molar refractivity (Wildman–Crippen MR) is 62.8 cm³/mol. The monoisotopic (exact) mass is 236 g/mol. The number of amides is 1. The van der Waals surface area contributed by atoms with Crippen LogP contribution in [0.4, 0.5) is 5.82 Å². The van der Waals surface area contributed by atoms with E-state index < -0.39 is 5.91 Å². The smallest absolute Gasteiger partial charge is 0.268 e. The van der Waals surface area contributed by atoms with Crippen LogP contribution in [-0.4, -0.2) is 42.2 Å². The van der Waals surface area contributed by atoms with Gasteiger partial charge in [-0.3, -0.25) is 9.78 Å². The Bertz CT molecular complexity index is 404. The van der Waals surface area contributed by atoms with Crippen molar-refractivity contribution in [2.75, 3.05) is 25.1 Å². The van der Waals surface area contributed by atoms with Crippen LogP contribution in [0.2, 0.25) is 0 Å². The summed E-state index contributed by atoms with van der Waals surface area (Å²) in [5.41, 5.74) is 5.34. The Labute approximate surface area is 99.8 Å². The highest BCUT2D eigenvalue weighted by atomic mass is 16.5. The molecule has 0 radical (unpaired) electrons. The van der Waals surface area contributed by atoms with Gasteiger partial charge in [0.15, 0.2) is 0 Å². The van der Waals surface area contributed by atoms with E-state index in [1.165, 1.54) is 6.20 Å². The lowest BCUT2D eigenvalue weighted by Crippen LogP contribution is -2.29. The zero-order valence-corrected chi connectivity index (χ0v) is 9.80. The second kappa shape index (κ2) is 5.09. The number of primary amides is 1. The van der Waals surface area contributed by atoms with Crippen LogP contribution in [0.25, 0.3) is 0 Å². The Hall–Kier alpha value is -1.69. The summed E-state index contributed by atoms with van der Waals surface area (Å²) in [6.07, 6.45) is 5.38. The number of ether oxygens (including phenoxy) is 1. The highest BCUT2D eigenvalue weighted by Crippen LogP contribution is 2.15. The van der Waals surface area contributed by atoms with Crippen molar-refractivity contribution in [2.24, 2.45) is 5.73 Å². The van der Waals surface area contributed by atoms with E-state index in [-0.39, 0.29) is 11.8 Å². The fraction of sp³-hybridized carbons (Fsp3) is 0.545. The van der Waals surface area contributed by atoms with Gasteiger partial charge in [0.2, 0.25) is 0 Å². The molecular weight excluding hydrogens is 220 g/mol. The molecule has 1 atom stereocenters. The Morgan fingerprint density at radius 3 is 3.12 bits per heavy atom. The SMILES string of the molecule is CN(C[C@H]1CCCO1)c1cncc(C(N)=O)n1. The molecule has 0 aromatic carbocycles. The van der Waals surface area contributed by atoms with Crippen molar-refractivity contribution in [1.29, 1.82) is 0 Å². The molecule has 1 aromatic heterocycles. The van der Waals surface area contributed by atoms with Crippen LogP contribution in [0.1, 0.15) is 23.3 Å². The number of anilines is 1. The predicted octanol–water partition coefficient (Wildman–Crippen LogP) is 0.191. The van der Waals surface area contributed by atoms with Crippen molar-refractivity contribution in [3.63, 3.8) is 0 Å². The molecule has 2 heterocycles. The molecular formula is C11H16N4O2. The molecule has 1 aromatic rings. The average Bonchev–Trinajstić information content (AvgIpc) is 2.82. The van der Waals surface area contributed by atoms with E-state index in [0.717, 1.165) is 26.0 Å². The topological polar surface area (TPSA) is 81.3 Å². The second-order valence-corrected chi connectivity index (χ2v) is 4.14. The van der Waals surface area contributed by atoms with Gasteiger partial charge in [-0.25, -0.2) is 4.98 Å². The van der Waals surface area contributed by atoms with Gasteiger partial charge in [-0.2, -0.15) is 0 Å². The Kier molecular flexibility index (Phi) is 3.53. The van der Waals surface area contributed by atoms with E-state index in [4.69, 9.17) is 10.5 Å². The number of rotatable bonds is 4. The van der Waals surface area contributed by atoms with Gasteiger partial charge < -0.3 is 15.4 Å². The van der Waals surface area contributed by atoms with Gasteiger partial charge in [0, 0.05) is 20.2 Å². The number of hydrogen-bond acceptors (Lipinski definition) is 5. The lowest BCUT2D eigenvalue weighted by Gasteiger charge is -2.21. The van der Waals surface area contributed by atoms with E-state index in [9.17, 15) is 4.79 Å². The number of carbonyl (C=O) groups excluding carboxylic acids is 1. The molecule has 0 bridgehead atoms. The molecule has 2 N–H and O–H groups in total. The third-order valence-corrected chi connectivity index (χ3v) is 2.77. The Morgan fingerprint density at radius 1 is 1.65 bits per heavy atom. The van der Waals surface area contributed by atoms with Crippen LogP contribution in [0.3, 0.4) is 0 Å². The number of hydrogen-bond donors (Lipinski definition) is 1. The van der Waals surface area contributed by atoms with Crippen molar-refractivity contribution in [2.45, 2.75) is 18.9 Å². The first-order valence-electron chi connectivity index (χ1n) is 5.61. The molecule has 1 aliphatic rings. The molecule has 1 fully saturated rings. The normalized spacial score (nSPS) is 19.2. The molecule has 92 valence electrons. The standard InChI is InChI=1S/C11H16N4O2/c1-15(7-8-3-2-4-17-8)10-6-13-5-9(14-10)11(12)16/h5-6,8H,2-4,7H2,1H3,(H2,12,16)/t8-/m1/s1. The third-order valence-electron chi connectivity index (χ3n) is 2.77. The van der Waals surface area contributed by atoms with Gasteiger partial charge >= 0.3 is 0 Å². The summed E-state index contributed by atoms with van der Waals surface area (Å²) in [7, 11) is 1.90. The number of likely N-dealkylation sites (N-methyl/N-ethyl adjacent to an activating group) is 1. The van der Waals surface area contributed by atoms with E-state index in [2.05, 4.69) is 9.97 Å². The van der Waals surface area contributed by atoms with E-state index >= 15 is 0 Å². The molecule has 6 nitrogen and oxygen atoms in total. The number of carbonyl (C=O) groups is 1. The lowest BCUT2D eigenvalue weighted by molar-refractivity contribution is 0.0995. The second-order valence-electron chi connectivity index (χ2n) is 4.14. The van der Waals surface area contributed by atoms with E-state index in [1.54, 1.807) is 6.20 Å². The minimum atomic E-state index is -0.565. The van der Waals surface area contributed by atoms with Gasteiger partial charge in [-0.05, 0) is 12.8 Å². The van der Waals surface area contributed by atoms with Crippen LogP contribution in [0, 0.1) is 0 Å². The molecule has 1 aliphatic heterocycles. The summed E-state index contributed by atoms with van der Waals surface area (Å²) in [4.78, 5) is 21.0. The maximum atomic E-state index is 11.0. The molecule has 1 amide bonds. The lowest BCUT2D eigenvalue weighted by atomic mass is 10.2. The first kappa shape index (κ1) is 11.8. The number of nitrogens with zero attached hydrogens (tertiary/aromatic N) is 3. The molecule has 1 saturated heterocycles. The summed E-state index contributed by atoms with van der Waals surface area (Å²) in [6.45, 7) is 1.57. The van der Waals surface area contributed by atoms with Crippen LogP contribution < -0.4 is 10.6 Å². The first-order chi connectivity index (χ1) is 8.16. The van der Waals surface area contributed by atoms with Crippen molar-refractivity contribution < 1.29 is 9.53 Å². The van der Waals surface area contributed by atoms with Gasteiger partial charge in [-0.1, -0.05) is 0 Å². The van der Waals surface area contributed by atoms with Gasteiger partial charge in [0.05, 0.1) is 18.5 Å². The Morgan fingerprint density at radius 2 is 2.47 bits per heavy atom. The highest BCUT2D eigenvalue weighted by molar-refractivity contribution is 5.90. The van der Waals surface area contributed by atoms with Crippen LogP contribution >= 0.6 is 0 Å². The zero-order valence-electron chi connectivity index (χ0n) is 9.80. The Balaban J connectivity index is 2.04. The maximum absolute atomic E-state index is 11.0. The molecule has 6 heteroatoms. The highest BCUT2D eigenvalue weighted by Gasteiger charge is 2.18. The summed E-state index contributed by atoms with van der Waals surface area (Å²) in [6, 6.07) is 0. The molecule has 0 saturated carbocycles. The summed E-state index contributed by atoms with van der Waals surface area (Å²) >= 11 is 0. The van der Waals surface area contributed by atoms with Crippen LogP contribution in [-0.2, 0) is 4.74 Å². The fourth-order valence-corrected chi connectivity index (χ4v) is 1.85. The maximum Gasteiger partial charge on any atom is 0.268 e. The van der Waals surface area contributed by atoms with Crippen molar-refractivity contribution in [1.82, 2.24) is 9.97 Å². The van der Waals surface area contributed by atoms with Gasteiger partial charge in [0.25, 0.3) is 5.91 Å².